The molecule has 1 aromatic rings. The Balaban J connectivity index is 1.85. The molecule has 8 heteroatoms. The van der Waals surface area contributed by atoms with E-state index in [2.05, 4.69) is 23.3 Å². The molecule has 0 bridgehead atoms. The molecule has 1 aliphatic heterocycles. The summed E-state index contributed by atoms with van der Waals surface area (Å²) in [6.07, 6.45) is 0.398. The SMILES string of the molecule is C=CCN(C)CCCC#CC1CCN(S(=O)(=O)c2ccc(C(F)(F)F)cc2)CC1. The molecule has 160 valence electrons. The molecule has 0 atom stereocenters. The van der Waals surface area contributed by atoms with Crippen LogP contribution in [0.2, 0.25) is 0 Å². The lowest BCUT2D eigenvalue weighted by atomic mass is 9.99. The smallest absolute Gasteiger partial charge is 0.303 e. The second-order valence-electron chi connectivity index (χ2n) is 7.18. The van der Waals surface area contributed by atoms with E-state index in [0.717, 1.165) is 50.2 Å². The van der Waals surface area contributed by atoms with Crippen molar-refractivity contribution in [3.63, 3.8) is 0 Å². The first-order valence-corrected chi connectivity index (χ1v) is 11.0. The van der Waals surface area contributed by atoms with Gasteiger partial charge in [-0.1, -0.05) is 12.0 Å². The van der Waals surface area contributed by atoms with Crippen LogP contribution in [0, 0.1) is 17.8 Å². The molecule has 1 heterocycles. The first-order chi connectivity index (χ1) is 13.6. The van der Waals surface area contributed by atoms with Crippen molar-refractivity contribution in [2.24, 2.45) is 5.92 Å². The molecule has 0 radical (unpaired) electrons. The second kappa shape index (κ2) is 10.3. The number of rotatable bonds is 7. The van der Waals surface area contributed by atoms with E-state index in [4.69, 9.17) is 0 Å². The maximum absolute atomic E-state index is 12.7. The number of hydrogen-bond acceptors (Lipinski definition) is 3. The standard InChI is InChI=1S/C21H27F3N2O2S/c1-3-14-25(2)15-6-4-5-7-18-12-16-26(17-13-18)29(27,28)20-10-8-19(9-11-20)21(22,23)24/h3,8-11,18H,1,4,6,12-17H2,2H3. The lowest BCUT2D eigenvalue weighted by Crippen LogP contribution is -2.38. The van der Waals surface area contributed by atoms with Crippen LogP contribution in [0.4, 0.5) is 13.2 Å². The van der Waals surface area contributed by atoms with Gasteiger partial charge in [0.15, 0.2) is 0 Å². The minimum absolute atomic E-state index is 0.112. The number of nitrogens with zero attached hydrogens (tertiary/aromatic N) is 2. The van der Waals surface area contributed by atoms with Crippen molar-refractivity contribution >= 4 is 10.0 Å². The van der Waals surface area contributed by atoms with Crippen molar-refractivity contribution < 1.29 is 21.6 Å². The van der Waals surface area contributed by atoms with E-state index in [0.29, 0.717) is 25.9 Å². The molecule has 1 aliphatic rings. The largest absolute Gasteiger partial charge is 0.416 e. The molecule has 1 fully saturated rings. The Kier molecular flexibility index (Phi) is 8.32. The fraction of sp³-hybridized carbons (Fsp3) is 0.524. The van der Waals surface area contributed by atoms with Crippen LogP contribution in [0.1, 0.15) is 31.2 Å². The van der Waals surface area contributed by atoms with Crippen LogP contribution < -0.4 is 0 Å². The number of benzene rings is 1. The van der Waals surface area contributed by atoms with Crippen LogP contribution in [0.5, 0.6) is 0 Å². The number of unbranched alkanes of at least 4 members (excludes halogenated alkanes) is 1. The van der Waals surface area contributed by atoms with Crippen molar-refractivity contribution in [2.45, 2.75) is 36.8 Å². The van der Waals surface area contributed by atoms with Crippen molar-refractivity contribution in [3.05, 3.63) is 42.5 Å². The average Bonchev–Trinajstić information content (AvgIpc) is 2.68. The van der Waals surface area contributed by atoms with Gasteiger partial charge in [0, 0.05) is 32.0 Å². The monoisotopic (exact) mass is 428 g/mol. The van der Waals surface area contributed by atoms with Crippen LogP contribution in [-0.4, -0.2) is 50.8 Å². The Bertz CT molecular complexity index is 831. The minimum atomic E-state index is -4.49. The van der Waals surface area contributed by atoms with E-state index in [9.17, 15) is 21.6 Å². The van der Waals surface area contributed by atoms with Crippen LogP contribution >= 0.6 is 0 Å². The first kappa shape index (κ1) is 23.5. The van der Waals surface area contributed by atoms with Crippen molar-refractivity contribution in [2.75, 3.05) is 33.2 Å². The molecule has 0 aliphatic carbocycles. The zero-order valence-electron chi connectivity index (χ0n) is 16.6. The highest BCUT2D eigenvalue weighted by atomic mass is 32.2. The van der Waals surface area contributed by atoms with Crippen molar-refractivity contribution in [1.29, 1.82) is 0 Å². The number of hydrogen-bond donors (Lipinski definition) is 0. The quantitative estimate of drug-likeness (QED) is 0.374. The van der Waals surface area contributed by atoms with Gasteiger partial charge in [0.1, 0.15) is 0 Å². The summed E-state index contributed by atoms with van der Waals surface area (Å²) in [5.41, 5.74) is -0.860. The normalized spacial score (nSPS) is 16.4. The van der Waals surface area contributed by atoms with Crippen molar-refractivity contribution in [3.8, 4) is 11.8 Å². The third-order valence-corrected chi connectivity index (χ3v) is 6.77. The minimum Gasteiger partial charge on any atom is -0.303 e. The number of alkyl halides is 3. The van der Waals surface area contributed by atoms with Gasteiger partial charge in [0.25, 0.3) is 0 Å². The van der Waals surface area contributed by atoms with Gasteiger partial charge >= 0.3 is 6.18 Å². The summed E-state index contributed by atoms with van der Waals surface area (Å²) in [6.45, 7) is 6.14. The Hall–Kier alpha value is -1.82. The summed E-state index contributed by atoms with van der Waals surface area (Å²) < 4.78 is 64.6. The topological polar surface area (TPSA) is 40.6 Å². The molecule has 0 N–H and O–H groups in total. The number of halogens is 3. The van der Waals surface area contributed by atoms with Crippen LogP contribution in [0.15, 0.2) is 41.8 Å². The van der Waals surface area contributed by atoms with Gasteiger partial charge in [-0.3, -0.25) is 0 Å². The van der Waals surface area contributed by atoms with Gasteiger partial charge in [0.2, 0.25) is 10.0 Å². The third kappa shape index (κ3) is 6.88. The summed E-state index contributed by atoms with van der Waals surface area (Å²) >= 11 is 0. The average molecular weight is 429 g/mol. The molecule has 4 nitrogen and oxygen atoms in total. The van der Waals surface area contributed by atoms with E-state index in [1.807, 2.05) is 13.1 Å². The first-order valence-electron chi connectivity index (χ1n) is 9.60. The zero-order chi connectivity index (χ0) is 21.5. The van der Waals surface area contributed by atoms with Gasteiger partial charge < -0.3 is 4.90 Å². The summed E-state index contributed by atoms with van der Waals surface area (Å²) in [4.78, 5) is 2.05. The van der Waals surface area contributed by atoms with Crippen molar-refractivity contribution in [1.82, 2.24) is 9.21 Å². The maximum Gasteiger partial charge on any atom is 0.416 e. The predicted molar refractivity (Wildman–Crippen MR) is 108 cm³/mol. The summed E-state index contributed by atoms with van der Waals surface area (Å²) in [5.74, 6) is 6.56. The predicted octanol–water partition coefficient (Wildman–Crippen LogP) is 4.01. The molecule has 0 amide bonds. The highest BCUT2D eigenvalue weighted by molar-refractivity contribution is 7.89. The second-order valence-corrected chi connectivity index (χ2v) is 9.11. The fourth-order valence-corrected chi connectivity index (χ4v) is 4.64. The summed E-state index contributed by atoms with van der Waals surface area (Å²) in [5, 5.41) is 0. The summed E-state index contributed by atoms with van der Waals surface area (Å²) in [7, 11) is -1.76. The molecular formula is C21H27F3N2O2S. The Morgan fingerprint density at radius 2 is 1.86 bits per heavy atom. The number of piperidine rings is 1. The Labute approximate surface area is 171 Å². The molecule has 2 rings (SSSR count). The highest BCUT2D eigenvalue weighted by Gasteiger charge is 2.32. The lowest BCUT2D eigenvalue weighted by Gasteiger charge is -2.29. The zero-order valence-corrected chi connectivity index (χ0v) is 17.4. The van der Waals surface area contributed by atoms with Gasteiger partial charge in [-0.15, -0.1) is 12.5 Å². The molecule has 1 aromatic carbocycles. The van der Waals surface area contributed by atoms with E-state index < -0.39 is 21.8 Å². The third-order valence-electron chi connectivity index (χ3n) is 4.86. The van der Waals surface area contributed by atoms with Crippen LogP contribution in [-0.2, 0) is 16.2 Å². The van der Waals surface area contributed by atoms with E-state index in [-0.39, 0.29) is 10.8 Å². The Morgan fingerprint density at radius 1 is 1.24 bits per heavy atom. The molecular weight excluding hydrogens is 401 g/mol. The Morgan fingerprint density at radius 3 is 2.41 bits per heavy atom. The molecule has 29 heavy (non-hydrogen) atoms. The van der Waals surface area contributed by atoms with Crippen LogP contribution in [0.3, 0.4) is 0 Å². The number of likely N-dealkylation sites (N-methyl/N-ethyl adjacent to an activating group) is 1. The van der Waals surface area contributed by atoms with E-state index >= 15 is 0 Å². The van der Waals surface area contributed by atoms with Gasteiger partial charge in [-0.05, 0) is 57.1 Å². The maximum atomic E-state index is 12.7. The van der Waals surface area contributed by atoms with E-state index in [1.54, 1.807) is 0 Å². The molecule has 0 saturated carbocycles. The van der Waals surface area contributed by atoms with Gasteiger partial charge in [0.05, 0.1) is 10.5 Å². The number of sulfonamides is 1. The molecule has 0 unspecified atom stereocenters. The van der Waals surface area contributed by atoms with Gasteiger partial charge in [-0.25, -0.2) is 8.42 Å². The summed E-state index contributed by atoms with van der Waals surface area (Å²) in [6, 6.07) is 3.65. The van der Waals surface area contributed by atoms with E-state index in [1.165, 1.54) is 4.31 Å². The molecule has 0 aromatic heterocycles. The highest BCUT2D eigenvalue weighted by Crippen LogP contribution is 2.30. The molecule has 1 saturated heterocycles. The fourth-order valence-electron chi connectivity index (χ4n) is 3.17. The van der Waals surface area contributed by atoms with Gasteiger partial charge in [-0.2, -0.15) is 17.5 Å². The lowest BCUT2D eigenvalue weighted by molar-refractivity contribution is -0.137. The van der Waals surface area contributed by atoms with Crippen LogP contribution in [0.25, 0.3) is 0 Å². The molecule has 0 spiro atoms.